The summed E-state index contributed by atoms with van der Waals surface area (Å²) in [6.07, 6.45) is 3.61. The van der Waals surface area contributed by atoms with E-state index >= 15 is 0 Å². The number of guanidine groups is 1. The number of rotatable bonds is 8. The van der Waals surface area contributed by atoms with Crippen molar-refractivity contribution in [1.29, 1.82) is 0 Å². The number of hydrogen-bond donors (Lipinski definition) is 3. The highest BCUT2D eigenvalue weighted by Crippen LogP contribution is 2.14. The van der Waals surface area contributed by atoms with Gasteiger partial charge in [0, 0.05) is 37.7 Å². The lowest BCUT2D eigenvalue weighted by Gasteiger charge is -2.29. The van der Waals surface area contributed by atoms with Crippen LogP contribution in [-0.4, -0.2) is 61.3 Å². The lowest BCUT2D eigenvalue weighted by atomic mass is 10.1. The molecule has 1 saturated heterocycles. The van der Waals surface area contributed by atoms with Gasteiger partial charge in [-0.15, -0.1) is 24.0 Å². The molecule has 1 aliphatic rings. The van der Waals surface area contributed by atoms with Gasteiger partial charge in [-0.05, 0) is 50.8 Å². The smallest absolute Gasteiger partial charge is 0.191 e. The zero-order valence-electron chi connectivity index (χ0n) is 15.6. The van der Waals surface area contributed by atoms with Crippen molar-refractivity contribution in [2.24, 2.45) is 4.99 Å². The maximum Gasteiger partial charge on any atom is 0.191 e. The van der Waals surface area contributed by atoms with E-state index in [1.165, 1.54) is 0 Å². The summed E-state index contributed by atoms with van der Waals surface area (Å²) in [7, 11) is 0. The fourth-order valence-corrected chi connectivity index (χ4v) is 3.22. The molecule has 5 nitrogen and oxygen atoms in total. The maximum absolute atomic E-state index is 9.54. The summed E-state index contributed by atoms with van der Waals surface area (Å²) in [5.41, 5.74) is 1.15. The van der Waals surface area contributed by atoms with E-state index < -0.39 is 0 Å². The van der Waals surface area contributed by atoms with Gasteiger partial charge in [0.05, 0.1) is 6.10 Å². The largest absolute Gasteiger partial charge is 0.393 e. The van der Waals surface area contributed by atoms with Gasteiger partial charge >= 0.3 is 0 Å². The lowest BCUT2D eigenvalue weighted by Crippen LogP contribution is -2.39. The van der Waals surface area contributed by atoms with Gasteiger partial charge in [-0.1, -0.05) is 29.8 Å². The molecule has 0 saturated carbocycles. The zero-order chi connectivity index (χ0) is 17.9. The van der Waals surface area contributed by atoms with Crippen LogP contribution >= 0.6 is 35.6 Å². The lowest BCUT2D eigenvalue weighted by molar-refractivity contribution is 0.0824. The maximum atomic E-state index is 9.54. The van der Waals surface area contributed by atoms with Crippen LogP contribution < -0.4 is 10.6 Å². The van der Waals surface area contributed by atoms with E-state index in [9.17, 15) is 5.11 Å². The Labute approximate surface area is 179 Å². The van der Waals surface area contributed by atoms with Gasteiger partial charge in [-0.3, -0.25) is 4.99 Å². The summed E-state index contributed by atoms with van der Waals surface area (Å²) >= 11 is 6.19. The second-order valence-corrected chi connectivity index (χ2v) is 6.86. The molecule has 3 N–H and O–H groups in total. The molecule has 0 spiro atoms. The van der Waals surface area contributed by atoms with Crippen molar-refractivity contribution in [1.82, 2.24) is 15.5 Å². The first-order chi connectivity index (χ1) is 12.2. The van der Waals surface area contributed by atoms with Crippen LogP contribution in [0.25, 0.3) is 0 Å². The molecular formula is C19H32ClIN4O. The molecule has 2 rings (SSSR count). The van der Waals surface area contributed by atoms with Crippen molar-refractivity contribution in [3.63, 3.8) is 0 Å². The van der Waals surface area contributed by atoms with E-state index in [0.717, 1.165) is 81.5 Å². The number of nitrogens with one attached hydrogen (secondary N) is 2. The Hall–Kier alpha value is -0.570. The predicted molar refractivity (Wildman–Crippen MR) is 121 cm³/mol. The fourth-order valence-electron chi connectivity index (χ4n) is 2.99. The first kappa shape index (κ1) is 23.5. The van der Waals surface area contributed by atoms with Crippen LogP contribution in [0, 0.1) is 0 Å². The van der Waals surface area contributed by atoms with Gasteiger partial charge in [-0.2, -0.15) is 0 Å². The second-order valence-electron chi connectivity index (χ2n) is 6.46. The van der Waals surface area contributed by atoms with Crippen LogP contribution in [-0.2, 0) is 6.42 Å². The normalized spacial score (nSPS) is 16.2. The SMILES string of the molecule is CCNC(=NCCCN1CCC(O)CC1)NCCc1ccccc1Cl.I. The topological polar surface area (TPSA) is 59.9 Å². The molecule has 7 heteroatoms. The number of likely N-dealkylation sites (tertiary alicyclic amines) is 1. The Morgan fingerprint density at radius 2 is 2.00 bits per heavy atom. The number of aliphatic imine (C=N–C) groups is 1. The molecule has 0 unspecified atom stereocenters. The summed E-state index contributed by atoms with van der Waals surface area (Å²) in [4.78, 5) is 7.07. The van der Waals surface area contributed by atoms with Gasteiger partial charge in [0.25, 0.3) is 0 Å². The van der Waals surface area contributed by atoms with E-state index in [4.69, 9.17) is 11.6 Å². The molecule has 1 aromatic rings. The number of benzene rings is 1. The van der Waals surface area contributed by atoms with E-state index in [1.54, 1.807) is 0 Å². The third-order valence-corrected chi connectivity index (χ3v) is 4.82. The third kappa shape index (κ3) is 8.88. The summed E-state index contributed by atoms with van der Waals surface area (Å²) in [6.45, 7) is 7.59. The van der Waals surface area contributed by atoms with Crippen molar-refractivity contribution in [2.45, 2.75) is 38.7 Å². The highest BCUT2D eigenvalue weighted by Gasteiger charge is 2.15. The Balaban J connectivity index is 0.00000338. The molecule has 1 aromatic carbocycles. The van der Waals surface area contributed by atoms with Crippen LogP contribution in [0.3, 0.4) is 0 Å². The minimum absolute atomic E-state index is 0. The molecule has 0 radical (unpaired) electrons. The van der Waals surface area contributed by atoms with Gasteiger partial charge in [-0.25, -0.2) is 0 Å². The molecule has 0 aliphatic carbocycles. The molecule has 1 fully saturated rings. The standard InChI is InChI=1S/C19H31ClN4O.HI/c1-2-21-19(23-12-8-16-6-3-4-7-18(16)20)22-11-5-13-24-14-9-17(25)10-15-24;/h3-4,6-7,17,25H,2,5,8-15H2,1H3,(H2,21,22,23);1H. The van der Waals surface area contributed by atoms with Crippen molar-refractivity contribution < 1.29 is 5.11 Å². The Morgan fingerprint density at radius 3 is 2.69 bits per heavy atom. The molecule has 0 amide bonds. The average Bonchev–Trinajstić information content (AvgIpc) is 2.62. The number of hydrogen-bond acceptors (Lipinski definition) is 3. The van der Waals surface area contributed by atoms with Gasteiger partial charge in [0.2, 0.25) is 0 Å². The molecule has 0 aromatic heterocycles. The molecule has 148 valence electrons. The minimum Gasteiger partial charge on any atom is -0.393 e. The van der Waals surface area contributed by atoms with E-state index in [-0.39, 0.29) is 30.1 Å². The Morgan fingerprint density at radius 1 is 1.27 bits per heavy atom. The molecule has 1 heterocycles. The van der Waals surface area contributed by atoms with Crippen molar-refractivity contribution in [2.75, 3.05) is 39.3 Å². The zero-order valence-corrected chi connectivity index (χ0v) is 18.7. The minimum atomic E-state index is -0.100. The summed E-state index contributed by atoms with van der Waals surface area (Å²) < 4.78 is 0. The monoisotopic (exact) mass is 494 g/mol. The van der Waals surface area contributed by atoms with Gasteiger partial charge in [0.1, 0.15) is 0 Å². The number of piperidine rings is 1. The Kier molecular flexibility index (Phi) is 12.3. The summed E-state index contributed by atoms with van der Waals surface area (Å²) in [6, 6.07) is 7.95. The first-order valence-electron chi connectivity index (χ1n) is 9.35. The van der Waals surface area contributed by atoms with Crippen molar-refractivity contribution >= 4 is 41.5 Å². The second kappa shape index (κ2) is 13.6. The van der Waals surface area contributed by atoms with Crippen LogP contribution in [0.5, 0.6) is 0 Å². The van der Waals surface area contributed by atoms with E-state index in [2.05, 4.69) is 33.5 Å². The molecular weight excluding hydrogens is 463 g/mol. The summed E-state index contributed by atoms with van der Waals surface area (Å²) in [5, 5.41) is 17.0. The number of aliphatic hydroxyl groups excluding tert-OH is 1. The third-order valence-electron chi connectivity index (χ3n) is 4.45. The van der Waals surface area contributed by atoms with Crippen LogP contribution in [0.2, 0.25) is 5.02 Å². The van der Waals surface area contributed by atoms with Gasteiger partial charge in [0.15, 0.2) is 5.96 Å². The van der Waals surface area contributed by atoms with E-state index in [0.29, 0.717) is 0 Å². The van der Waals surface area contributed by atoms with Gasteiger partial charge < -0.3 is 20.6 Å². The Bertz CT molecular complexity index is 536. The van der Waals surface area contributed by atoms with Crippen LogP contribution in [0.15, 0.2) is 29.3 Å². The van der Waals surface area contributed by atoms with Crippen molar-refractivity contribution in [3.05, 3.63) is 34.9 Å². The highest BCUT2D eigenvalue weighted by molar-refractivity contribution is 14.0. The quantitative estimate of drug-likeness (QED) is 0.225. The molecule has 26 heavy (non-hydrogen) atoms. The summed E-state index contributed by atoms with van der Waals surface area (Å²) in [5.74, 6) is 0.864. The molecule has 0 atom stereocenters. The molecule has 1 aliphatic heterocycles. The number of nitrogens with zero attached hydrogens (tertiary/aromatic N) is 2. The predicted octanol–water partition coefficient (Wildman–Crippen LogP) is 2.90. The average molecular weight is 495 g/mol. The highest BCUT2D eigenvalue weighted by atomic mass is 127. The molecule has 0 bridgehead atoms. The van der Waals surface area contributed by atoms with Crippen LogP contribution in [0.1, 0.15) is 31.7 Å². The van der Waals surface area contributed by atoms with Crippen molar-refractivity contribution in [3.8, 4) is 0 Å². The first-order valence-corrected chi connectivity index (χ1v) is 9.73. The number of halogens is 2. The van der Waals surface area contributed by atoms with E-state index in [1.807, 2.05) is 18.2 Å². The number of aliphatic hydroxyl groups is 1. The van der Waals surface area contributed by atoms with Crippen LogP contribution in [0.4, 0.5) is 0 Å². The fraction of sp³-hybridized carbons (Fsp3) is 0.632.